The molecule has 0 spiro atoms. The highest BCUT2D eigenvalue weighted by Gasteiger charge is 2.40. The molecule has 0 aliphatic rings. The molecule has 0 unspecified atom stereocenters. The maximum atomic E-state index is 13.8. The predicted molar refractivity (Wildman–Crippen MR) is 80.3 cm³/mol. The molecule has 1 aromatic carbocycles. The average Bonchev–Trinajstić information content (AvgIpc) is 2.99. The Morgan fingerprint density at radius 1 is 1.12 bits per heavy atom. The molecule has 3 rings (SSSR count). The number of benzene rings is 1. The zero-order chi connectivity index (χ0) is 18.0. The van der Waals surface area contributed by atoms with Crippen LogP contribution >= 0.6 is 0 Å². The monoisotopic (exact) mass is 352 g/mol. The Morgan fingerprint density at radius 2 is 1.84 bits per heavy atom. The average molecular weight is 352 g/mol. The van der Waals surface area contributed by atoms with Gasteiger partial charge in [0.25, 0.3) is 0 Å². The number of hydrogen-bond acceptors (Lipinski definition) is 4. The fourth-order valence-corrected chi connectivity index (χ4v) is 2.36. The number of halogens is 4. The Bertz CT molecular complexity index is 875. The van der Waals surface area contributed by atoms with E-state index in [0.717, 1.165) is 12.3 Å². The molecule has 0 aliphatic carbocycles. The van der Waals surface area contributed by atoms with Gasteiger partial charge in [-0.3, -0.25) is 4.98 Å². The molecule has 130 valence electrons. The number of hydrogen-bond donors (Lipinski definition) is 0. The van der Waals surface area contributed by atoms with Gasteiger partial charge in [-0.05, 0) is 23.8 Å². The summed E-state index contributed by atoms with van der Waals surface area (Å²) in [5.74, 6) is -0.317. The van der Waals surface area contributed by atoms with Crippen molar-refractivity contribution in [3.8, 4) is 17.0 Å². The maximum absolute atomic E-state index is 13.8. The van der Waals surface area contributed by atoms with Gasteiger partial charge in [0, 0.05) is 11.8 Å². The number of rotatable bonds is 4. The third-order valence-electron chi connectivity index (χ3n) is 3.52. The summed E-state index contributed by atoms with van der Waals surface area (Å²) in [5.41, 5.74) is -1.42. The van der Waals surface area contributed by atoms with E-state index in [2.05, 4.69) is 15.3 Å². The van der Waals surface area contributed by atoms with Gasteiger partial charge >= 0.3 is 6.18 Å². The van der Waals surface area contributed by atoms with Gasteiger partial charge in [-0.25, -0.2) is 9.07 Å². The molecule has 2 heterocycles. The highest BCUT2D eigenvalue weighted by Crippen LogP contribution is 2.36. The zero-order valence-corrected chi connectivity index (χ0v) is 13.0. The number of methoxy groups -OCH3 is 1. The summed E-state index contributed by atoms with van der Waals surface area (Å²) in [7, 11) is 1.49. The quantitative estimate of drug-likeness (QED) is 0.674. The second-order valence-corrected chi connectivity index (χ2v) is 5.15. The minimum Gasteiger partial charge on any atom is -0.497 e. The van der Waals surface area contributed by atoms with Crippen molar-refractivity contribution in [3.63, 3.8) is 0 Å². The second kappa shape index (κ2) is 6.50. The Balaban J connectivity index is 2.04. The number of pyridine rings is 1. The highest BCUT2D eigenvalue weighted by molar-refractivity contribution is 5.62. The van der Waals surface area contributed by atoms with Crippen LogP contribution < -0.4 is 4.74 Å². The Hall–Kier alpha value is -2.97. The number of ether oxygens (including phenoxy) is 1. The molecule has 0 bridgehead atoms. The van der Waals surface area contributed by atoms with Crippen molar-refractivity contribution in [1.29, 1.82) is 0 Å². The lowest BCUT2D eigenvalue weighted by molar-refractivity contribution is -0.143. The third kappa shape index (κ3) is 3.44. The van der Waals surface area contributed by atoms with Crippen molar-refractivity contribution < 1.29 is 22.3 Å². The standard InChI is InChI=1S/C16H12F4N4O/c1-25-11-4-2-10(3-5-11)9-24-15(16(18,19)20)14(22-23-24)12-6-7-21-8-13(12)17/h2-8H,9H2,1H3. The molecule has 5 nitrogen and oxygen atoms in total. The summed E-state index contributed by atoms with van der Waals surface area (Å²) in [6.45, 7) is -0.168. The van der Waals surface area contributed by atoms with Crippen LogP contribution in [0.2, 0.25) is 0 Å². The van der Waals surface area contributed by atoms with Gasteiger partial charge in [0.2, 0.25) is 0 Å². The van der Waals surface area contributed by atoms with Crippen LogP contribution in [-0.2, 0) is 12.7 Å². The molecule has 3 aromatic rings. The largest absolute Gasteiger partial charge is 0.497 e. The van der Waals surface area contributed by atoms with Gasteiger partial charge in [0.05, 0.1) is 19.9 Å². The summed E-state index contributed by atoms with van der Waals surface area (Å²) in [6, 6.07) is 7.62. The van der Waals surface area contributed by atoms with Crippen LogP contribution in [0.1, 0.15) is 11.3 Å². The van der Waals surface area contributed by atoms with E-state index < -0.39 is 23.4 Å². The molecule has 0 radical (unpaired) electrons. The zero-order valence-electron chi connectivity index (χ0n) is 13.0. The van der Waals surface area contributed by atoms with Crippen molar-refractivity contribution in [1.82, 2.24) is 20.0 Å². The molecule has 0 saturated carbocycles. The van der Waals surface area contributed by atoms with Crippen molar-refractivity contribution >= 4 is 0 Å². The van der Waals surface area contributed by atoms with Gasteiger partial charge in [-0.1, -0.05) is 17.3 Å². The smallest absolute Gasteiger partial charge is 0.435 e. The molecule has 2 aromatic heterocycles. The van der Waals surface area contributed by atoms with Crippen LogP contribution in [0.15, 0.2) is 42.7 Å². The SMILES string of the molecule is COc1ccc(Cn2nnc(-c3ccncc3F)c2C(F)(F)F)cc1. The summed E-state index contributed by atoms with van der Waals surface area (Å²) in [5, 5.41) is 7.11. The molecule has 0 amide bonds. The number of aromatic nitrogens is 4. The molecular formula is C16H12F4N4O. The van der Waals surface area contributed by atoms with E-state index in [1.807, 2.05) is 0 Å². The number of alkyl halides is 3. The van der Waals surface area contributed by atoms with Crippen LogP contribution in [0, 0.1) is 5.82 Å². The second-order valence-electron chi connectivity index (χ2n) is 5.15. The van der Waals surface area contributed by atoms with E-state index >= 15 is 0 Å². The number of nitrogens with zero attached hydrogens (tertiary/aromatic N) is 4. The third-order valence-corrected chi connectivity index (χ3v) is 3.52. The first-order chi connectivity index (χ1) is 11.9. The fraction of sp³-hybridized carbons (Fsp3) is 0.188. The van der Waals surface area contributed by atoms with Crippen LogP contribution in [0.25, 0.3) is 11.3 Å². The molecule has 9 heteroatoms. The van der Waals surface area contributed by atoms with E-state index in [-0.39, 0.29) is 12.1 Å². The van der Waals surface area contributed by atoms with Gasteiger partial charge in [0.15, 0.2) is 11.5 Å². The summed E-state index contributed by atoms with van der Waals surface area (Å²) >= 11 is 0. The minimum atomic E-state index is -4.75. The Morgan fingerprint density at radius 3 is 2.44 bits per heavy atom. The molecular weight excluding hydrogens is 340 g/mol. The lowest BCUT2D eigenvalue weighted by atomic mass is 10.1. The maximum Gasteiger partial charge on any atom is 0.435 e. The lowest BCUT2D eigenvalue weighted by Gasteiger charge is -2.12. The molecule has 0 atom stereocenters. The normalized spacial score (nSPS) is 11.6. The molecule has 0 fully saturated rings. The van der Waals surface area contributed by atoms with E-state index in [4.69, 9.17) is 4.74 Å². The van der Waals surface area contributed by atoms with Crippen LogP contribution in [0.5, 0.6) is 5.75 Å². The Kier molecular flexibility index (Phi) is 4.39. The van der Waals surface area contributed by atoms with Gasteiger partial charge in [-0.15, -0.1) is 5.10 Å². The van der Waals surface area contributed by atoms with E-state index in [1.165, 1.54) is 13.3 Å². The van der Waals surface area contributed by atoms with Crippen molar-refractivity contribution in [2.45, 2.75) is 12.7 Å². The van der Waals surface area contributed by atoms with Gasteiger partial charge in [-0.2, -0.15) is 13.2 Å². The fourth-order valence-electron chi connectivity index (χ4n) is 2.36. The van der Waals surface area contributed by atoms with E-state index in [0.29, 0.717) is 16.0 Å². The molecule has 0 aliphatic heterocycles. The van der Waals surface area contributed by atoms with Crippen molar-refractivity contribution in [3.05, 3.63) is 59.8 Å². The van der Waals surface area contributed by atoms with Crippen LogP contribution in [0.4, 0.5) is 17.6 Å². The molecule has 25 heavy (non-hydrogen) atoms. The topological polar surface area (TPSA) is 52.8 Å². The highest BCUT2D eigenvalue weighted by atomic mass is 19.4. The first kappa shape index (κ1) is 16.9. The first-order valence-corrected chi connectivity index (χ1v) is 7.13. The molecule has 0 N–H and O–H groups in total. The van der Waals surface area contributed by atoms with Crippen molar-refractivity contribution in [2.24, 2.45) is 0 Å². The van der Waals surface area contributed by atoms with Crippen molar-refractivity contribution in [2.75, 3.05) is 7.11 Å². The van der Waals surface area contributed by atoms with Gasteiger partial charge in [0.1, 0.15) is 11.4 Å². The van der Waals surface area contributed by atoms with Crippen LogP contribution in [0.3, 0.4) is 0 Å². The van der Waals surface area contributed by atoms with E-state index in [1.54, 1.807) is 24.3 Å². The predicted octanol–water partition coefficient (Wildman–Crippen LogP) is 3.55. The summed E-state index contributed by atoms with van der Waals surface area (Å²) < 4.78 is 60.1. The first-order valence-electron chi connectivity index (χ1n) is 7.13. The lowest BCUT2D eigenvalue weighted by Crippen LogP contribution is -2.16. The minimum absolute atomic E-state index is 0.168. The summed E-state index contributed by atoms with van der Waals surface area (Å²) in [4.78, 5) is 3.53. The van der Waals surface area contributed by atoms with E-state index in [9.17, 15) is 17.6 Å². The summed E-state index contributed by atoms with van der Waals surface area (Å²) in [6.07, 6.45) is -2.72. The molecule has 0 saturated heterocycles. The Labute approximate surface area is 139 Å². The van der Waals surface area contributed by atoms with Gasteiger partial charge < -0.3 is 4.74 Å². The van der Waals surface area contributed by atoms with Crippen LogP contribution in [-0.4, -0.2) is 27.1 Å².